The molecule has 0 spiro atoms. The number of piperidine rings is 1. The van der Waals surface area contributed by atoms with Gasteiger partial charge in [0.15, 0.2) is 0 Å². The van der Waals surface area contributed by atoms with Gasteiger partial charge in [-0.1, -0.05) is 12.1 Å². The van der Waals surface area contributed by atoms with Crippen LogP contribution in [0.15, 0.2) is 24.3 Å². The maximum atomic E-state index is 12.4. The topological polar surface area (TPSA) is 46.3 Å². The van der Waals surface area contributed by atoms with Crippen LogP contribution in [0.3, 0.4) is 0 Å². The number of likely N-dealkylation sites (tertiary alicyclic amines) is 1. The molecule has 1 aromatic carbocycles. The number of nitrogens with two attached hydrogens (primary N) is 1. The molecule has 3 heteroatoms. The molecule has 0 bridgehead atoms. The van der Waals surface area contributed by atoms with Gasteiger partial charge in [-0.2, -0.15) is 0 Å². The number of carbonyl (C=O) groups excluding carboxylic acids is 1. The summed E-state index contributed by atoms with van der Waals surface area (Å²) in [5.74, 6) is 0.236. The van der Waals surface area contributed by atoms with Crippen molar-refractivity contribution in [2.45, 2.75) is 51.6 Å². The number of carbonyl (C=O) groups is 1. The zero-order valence-corrected chi connectivity index (χ0v) is 11.2. The molecule has 1 heterocycles. The monoisotopic (exact) mass is 246 g/mol. The highest BCUT2D eigenvalue weighted by Crippen LogP contribution is 2.23. The van der Waals surface area contributed by atoms with Crippen molar-refractivity contribution in [1.82, 2.24) is 4.90 Å². The smallest absolute Gasteiger partial charge is 0.227 e. The highest BCUT2D eigenvalue weighted by atomic mass is 16.2. The van der Waals surface area contributed by atoms with Gasteiger partial charge < -0.3 is 10.6 Å². The normalized spacial score (nSPS) is 24.0. The Morgan fingerprint density at radius 3 is 2.33 bits per heavy atom. The van der Waals surface area contributed by atoms with E-state index >= 15 is 0 Å². The molecule has 2 rings (SSSR count). The molecular weight excluding hydrogens is 224 g/mol. The van der Waals surface area contributed by atoms with Crippen LogP contribution >= 0.6 is 0 Å². The van der Waals surface area contributed by atoms with E-state index in [0.717, 1.165) is 24.1 Å². The van der Waals surface area contributed by atoms with Crippen molar-refractivity contribution in [3.05, 3.63) is 29.8 Å². The third-order valence-electron chi connectivity index (χ3n) is 3.82. The molecule has 1 amide bonds. The lowest BCUT2D eigenvalue weighted by molar-refractivity contribution is -0.136. The highest BCUT2D eigenvalue weighted by molar-refractivity contribution is 5.79. The number of nitrogens with zero attached hydrogens (tertiary/aromatic N) is 1. The minimum absolute atomic E-state index is 0.236. The number of nitrogen functional groups attached to an aromatic ring is 1. The zero-order chi connectivity index (χ0) is 13.1. The van der Waals surface area contributed by atoms with E-state index in [1.807, 2.05) is 24.3 Å². The maximum absolute atomic E-state index is 12.4. The van der Waals surface area contributed by atoms with E-state index in [1.165, 1.54) is 6.42 Å². The fraction of sp³-hybridized carbons (Fsp3) is 0.533. The van der Waals surface area contributed by atoms with Gasteiger partial charge in [0.2, 0.25) is 5.91 Å². The van der Waals surface area contributed by atoms with Gasteiger partial charge in [0, 0.05) is 17.8 Å². The molecule has 2 atom stereocenters. The first-order chi connectivity index (χ1) is 8.58. The summed E-state index contributed by atoms with van der Waals surface area (Å²) in [4.78, 5) is 14.4. The number of hydrogen-bond donors (Lipinski definition) is 1. The maximum Gasteiger partial charge on any atom is 0.227 e. The van der Waals surface area contributed by atoms with Gasteiger partial charge >= 0.3 is 0 Å². The molecule has 1 saturated heterocycles. The van der Waals surface area contributed by atoms with E-state index in [2.05, 4.69) is 18.7 Å². The lowest BCUT2D eigenvalue weighted by Crippen LogP contribution is -2.48. The van der Waals surface area contributed by atoms with Gasteiger partial charge in [-0.3, -0.25) is 4.79 Å². The quantitative estimate of drug-likeness (QED) is 0.815. The Balaban J connectivity index is 2.04. The molecular formula is C15H22N2O. The average Bonchev–Trinajstić information content (AvgIpc) is 2.32. The fourth-order valence-corrected chi connectivity index (χ4v) is 2.81. The lowest BCUT2D eigenvalue weighted by Gasteiger charge is -2.39. The van der Waals surface area contributed by atoms with E-state index in [-0.39, 0.29) is 5.91 Å². The average molecular weight is 246 g/mol. The van der Waals surface area contributed by atoms with Gasteiger partial charge in [-0.05, 0) is 50.8 Å². The Morgan fingerprint density at radius 2 is 1.78 bits per heavy atom. The van der Waals surface area contributed by atoms with Crippen LogP contribution in [0.4, 0.5) is 5.69 Å². The molecule has 18 heavy (non-hydrogen) atoms. The van der Waals surface area contributed by atoms with Crippen molar-refractivity contribution in [2.75, 3.05) is 5.73 Å². The number of rotatable bonds is 2. The van der Waals surface area contributed by atoms with Gasteiger partial charge in [0.05, 0.1) is 6.42 Å². The van der Waals surface area contributed by atoms with Crippen LogP contribution in [-0.2, 0) is 11.2 Å². The van der Waals surface area contributed by atoms with Crippen molar-refractivity contribution in [1.29, 1.82) is 0 Å². The predicted octanol–water partition coefficient (Wildman–Crippen LogP) is 2.60. The summed E-state index contributed by atoms with van der Waals surface area (Å²) in [6.07, 6.45) is 3.96. The van der Waals surface area contributed by atoms with Gasteiger partial charge in [0.1, 0.15) is 0 Å². The van der Waals surface area contributed by atoms with Crippen molar-refractivity contribution in [3.8, 4) is 0 Å². The van der Waals surface area contributed by atoms with Gasteiger partial charge in [-0.25, -0.2) is 0 Å². The van der Waals surface area contributed by atoms with E-state index in [4.69, 9.17) is 5.73 Å². The molecule has 0 aromatic heterocycles. The Hall–Kier alpha value is -1.51. The third kappa shape index (κ3) is 2.84. The summed E-state index contributed by atoms with van der Waals surface area (Å²) in [5, 5.41) is 0. The number of hydrogen-bond acceptors (Lipinski definition) is 2. The van der Waals surface area contributed by atoms with Crippen molar-refractivity contribution < 1.29 is 4.79 Å². The summed E-state index contributed by atoms with van der Waals surface area (Å²) in [6, 6.07) is 8.32. The standard InChI is InChI=1S/C15H22N2O/c1-11-4-3-5-12(2)17(11)15(18)10-13-6-8-14(16)9-7-13/h6-9,11-12H,3-5,10,16H2,1-2H3/t11-,12-/m0/s1. The number of benzene rings is 1. The van der Waals surface area contributed by atoms with Crippen LogP contribution in [0.1, 0.15) is 38.7 Å². The molecule has 1 aliphatic heterocycles. The Morgan fingerprint density at radius 1 is 1.22 bits per heavy atom. The highest BCUT2D eigenvalue weighted by Gasteiger charge is 2.28. The molecule has 0 aliphatic carbocycles. The second-order valence-electron chi connectivity index (χ2n) is 5.35. The Bertz CT molecular complexity index is 403. The molecule has 1 fully saturated rings. The molecule has 3 nitrogen and oxygen atoms in total. The Kier molecular flexibility index (Phi) is 3.90. The fourth-order valence-electron chi connectivity index (χ4n) is 2.81. The van der Waals surface area contributed by atoms with Gasteiger partial charge in [0.25, 0.3) is 0 Å². The molecule has 2 N–H and O–H groups in total. The first kappa shape index (κ1) is 12.9. The zero-order valence-electron chi connectivity index (χ0n) is 11.2. The minimum Gasteiger partial charge on any atom is -0.399 e. The summed E-state index contributed by atoms with van der Waals surface area (Å²) in [7, 11) is 0. The van der Waals surface area contributed by atoms with Crippen LogP contribution < -0.4 is 5.73 Å². The first-order valence-electron chi connectivity index (χ1n) is 6.73. The van der Waals surface area contributed by atoms with Crippen LogP contribution in [-0.4, -0.2) is 22.9 Å². The summed E-state index contributed by atoms with van der Waals surface area (Å²) >= 11 is 0. The number of amides is 1. The Labute approximate surface area is 109 Å². The van der Waals surface area contributed by atoms with Crippen LogP contribution in [0, 0.1) is 0 Å². The molecule has 0 unspecified atom stereocenters. The molecule has 1 aliphatic rings. The van der Waals surface area contributed by atoms with Crippen LogP contribution in [0.2, 0.25) is 0 Å². The van der Waals surface area contributed by atoms with Crippen LogP contribution in [0.5, 0.6) is 0 Å². The second-order valence-corrected chi connectivity index (χ2v) is 5.35. The van der Waals surface area contributed by atoms with E-state index in [9.17, 15) is 4.79 Å². The van der Waals surface area contributed by atoms with Crippen molar-refractivity contribution in [2.24, 2.45) is 0 Å². The molecule has 0 radical (unpaired) electrons. The van der Waals surface area contributed by atoms with Gasteiger partial charge in [-0.15, -0.1) is 0 Å². The summed E-state index contributed by atoms with van der Waals surface area (Å²) in [6.45, 7) is 4.30. The summed E-state index contributed by atoms with van der Waals surface area (Å²) < 4.78 is 0. The molecule has 0 saturated carbocycles. The van der Waals surface area contributed by atoms with E-state index in [1.54, 1.807) is 0 Å². The SMILES string of the molecule is C[C@H]1CCC[C@H](C)N1C(=O)Cc1ccc(N)cc1. The second kappa shape index (κ2) is 5.42. The van der Waals surface area contributed by atoms with Crippen molar-refractivity contribution >= 4 is 11.6 Å². The molecule has 1 aromatic rings. The van der Waals surface area contributed by atoms with E-state index < -0.39 is 0 Å². The third-order valence-corrected chi connectivity index (χ3v) is 3.82. The number of anilines is 1. The first-order valence-corrected chi connectivity index (χ1v) is 6.73. The molecule has 98 valence electrons. The summed E-state index contributed by atoms with van der Waals surface area (Å²) in [5.41, 5.74) is 7.43. The van der Waals surface area contributed by atoms with E-state index in [0.29, 0.717) is 18.5 Å². The van der Waals surface area contributed by atoms with Crippen molar-refractivity contribution in [3.63, 3.8) is 0 Å². The largest absolute Gasteiger partial charge is 0.399 e. The van der Waals surface area contributed by atoms with Crippen LogP contribution in [0.25, 0.3) is 0 Å². The minimum atomic E-state index is 0.236. The lowest BCUT2D eigenvalue weighted by atomic mass is 9.96. The predicted molar refractivity (Wildman–Crippen MR) is 74.2 cm³/mol.